The third-order valence-corrected chi connectivity index (χ3v) is 4.76. The van der Waals surface area contributed by atoms with E-state index in [2.05, 4.69) is 31.0 Å². The first-order valence-corrected chi connectivity index (χ1v) is 7.58. The van der Waals surface area contributed by atoms with Gasteiger partial charge in [-0.25, -0.2) is 0 Å². The highest BCUT2D eigenvalue weighted by atomic mass is 16.2. The first-order chi connectivity index (χ1) is 8.58. The van der Waals surface area contributed by atoms with Gasteiger partial charge in [0.15, 0.2) is 0 Å². The van der Waals surface area contributed by atoms with Crippen LogP contribution in [0.4, 0.5) is 0 Å². The molecule has 1 aliphatic heterocycles. The van der Waals surface area contributed by atoms with E-state index < -0.39 is 0 Å². The molecular formula is C15H30N2O. The molecule has 18 heavy (non-hydrogen) atoms. The van der Waals surface area contributed by atoms with Crippen LogP contribution >= 0.6 is 0 Å². The monoisotopic (exact) mass is 254 g/mol. The van der Waals surface area contributed by atoms with Crippen LogP contribution in [0.3, 0.4) is 0 Å². The molecule has 3 nitrogen and oxygen atoms in total. The molecule has 1 heterocycles. The molecule has 1 N–H and O–H groups in total. The minimum Gasteiger partial charge on any atom is -0.342 e. The van der Waals surface area contributed by atoms with Crippen molar-refractivity contribution in [2.24, 2.45) is 11.3 Å². The molecule has 1 aliphatic rings. The first-order valence-electron chi connectivity index (χ1n) is 7.58. The van der Waals surface area contributed by atoms with Crippen LogP contribution in [0.15, 0.2) is 0 Å². The van der Waals surface area contributed by atoms with Gasteiger partial charge in [0.25, 0.3) is 0 Å². The van der Waals surface area contributed by atoms with Gasteiger partial charge in [-0.1, -0.05) is 40.5 Å². The Hall–Kier alpha value is -0.570. The Labute approximate surface area is 112 Å². The van der Waals surface area contributed by atoms with Crippen molar-refractivity contribution < 1.29 is 4.79 Å². The summed E-state index contributed by atoms with van der Waals surface area (Å²) < 4.78 is 0. The molecule has 0 radical (unpaired) electrons. The predicted molar refractivity (Wildman–Crippen MR) is 76.5 cm³/mol. The van der Waals surface area contributed by atoms with Crippen LogP contribution in [0.25, 0.3) is 0 Å². The summed E-state index contributed by atoms with van der Waals surface area (Å²) in [6, 6.07) is 0. The smallest absolute Gasteiger partial charge is 0.226 e. The molecule has 1 fully saturated rings. The Balaban J connectivity index is 2.44. The molecule has 0 aromatic rings. The zero-order valence-electron chi connectivity index (χ0n) is 12.6. The maximum atomic E-state index is 12.3. The van der Waals surface area contributed by atoms with Crippen LogP contribution in [0.2, 0.25) is 0 Å². The molecule has 3 heteroatoms. The number of hydrogen-bond donors (Lipinski definition) is 1. The SMILES string of the molecule is CCNCC(C)C(=O)N1CCC(CC)(CC)CC1. The van der Waals surface area contributed by atoms with Gasteiger partial charge < -0.3 is 10.2 Å². The lowest BCUT2D eigenvalue weighted by molar-refractivity contribution is -0.137. The van der Waals surface area contributed by atoms with E-state index in [0.717, 1.165) is 26.2 Å². The van der Waals surface area contributed by atoms with Crippen LogP contribution in [0, 0.1) is 11.3 Å². The van der Waals surface area contributed by atoms with Crippen molar-refractivity contribution in [3.63, 3.8) is 0 Å². The van der Waals surface area contributed by atoms with E-state index >= 15 is 0 Å². The molecule has 0 aliphatic carbocycles. The van der Waals surface area contributed by atoms with E-state index in [1.165, 1.54) is 25.7 Å². The molecule has 0 spiro atoms. The lowest BCUT2D eigenvalue weighted by atomic mass is 9.74. The third kappa shape index (κ3) is 3.71. The normalized spacial score (nSPS) is 20.8. The van der Waals surface area contributed by atoms with E-state index in [1.54, 1.807) is 0 Å². The van der Waals surface area contributed by atoms with Crippen LogP contribution in [0.5, 0.6) is 0 Å². The Kier molecular flexibility index (Phi) is 6.13. The number of carbonyl (C=O) groups excluding carboxylic acids is 1. The lowest BCUT2D eigenvalue weighted by Crippen LogP contribution is -2.46. The molecule has 0 aromatic carbocycles. The van der Waals surface area contributed by atoms with Crippen molar-refractivity contribution in [2.75, 3.05) is 26.2 Å². The number of nitrogens with zero attached hydrogens (tertiary/aromatic N) is 1. The standard InChI is InChI=1S/C15H30N2O/c1-5-15(6-2)8-10-17(11-9-15)14(18)13(4)12-16-7-3/h13,16H,5-12H2,1-4H3. The molecule has 1 unspecified atom stereocenters. The summed E-state index contributed by atoms with van der Waals surface area (Å²) in [6.07, 6.45) is 4.86. The Bertz CT molecular complexity index is 251. The molecule has 0 saturated carbocycles. The van der Waals surface area contributed by atoms with Crippen molar-refractivity contribution in [2.45, 2.75) is 53.4 Å². The minimum absolute atomic E-state index is 0.112. The van der Waals surface area contributed by atoms with Crippen LogP contribution in [0.1, 0.15) is 53.4 Å². The van der Waals surface area contributed by atoms with E-state index in [0.29, 0.717) is 11.3 Å². The maximum Gasteiger partial charge on any atom is 0.226 e. The predicted octanol–water partition coefficient (Wildman–Crippen LogP) is 2.66. The average Bonchev–Trinajstić information content (AvgIpc) is 2.44. The highest BCUT2D eigenvalue weighted by Crippen LogP contribution is 2.38. The molecule has 1 amide bonds. The quantitative estimate of drug-likeness (QED) is 0.790. The molecular weight excluding hydrogens is 224 g/mol. The van der Waals surface area contributed by atoms with Gasteiger partial charge in [-0.15, -0.1) is 0 Å². The summed E-state index contributed by atoms with van der Waals surface area (Å²) >= 11 is 0. The van der Waals surface area contributed by atoms with E-state index in [-0.39, 0.29) is 5.92 Å². The van der Waals surface area contributed by atoms with Crippen LogP contribution in [-0.4, -0.2) is 37.0 Å². The van der Waals surface area contributed by atoms with E-state index in [4.69, 9.17) is 0 Å². The maximum absolute atomic E-state index is 12.3. The second-order valence-corrected chi connectivity index (χ2v) is 5.74. The molecule has 1 atom stereocenters. The Morgan fingerprint density at radius 3 is 2.22 bits per heavy atom. The van der Waals surface area contributed by atoms with Gasteiger partial charge in [0.2, 0.25) is 5.91 Å². The Morgan fingerprint density at radius 2 is 1.78 bits per heavy atom. The van der Waals surface area contributed by atoms with Gasteiger partial charge >= 0.3 is 0 Å². The van der Waals surface area contributed by atoms with Gasteiger partial charge in [0.05, 0.1) is 0 Å². The molecule has 0 aromatic heterocycles. The van der Waals surface area contributed by atoms with Gasteiger partial charge in [0.1, 0.15) is 0 Å². The second-order valence-electron chi connectivity index (χ2n) is 5.74. The summed E-state index contributed by atoms with van der Waals surface area (Å²) in [4.78, 5) is 14.4. The first kappa shape index (κ1) is 15.5. The number of piperidine rings is 1. The van der Waals surface area contributed by atoms with Crippen molar-refractivity contribution in [3.05, 3.63) is 0 Å². The lowest BCUT2D eigenvalue weighted by Gasteiger charge is -2.41. The summed E-state index contributed by atoms with van der Waals surface area (Å²) in [5.41, 5.74) is 0.502. The van der Waals surface area contributed by atoms with Crippen molar-refractivity contribution in [3.8, 4) is 0 Å². The minimum atomic E-state index is 0.112. The van der Waals surface area contributed by atoms with Gasteiger partial charge in [-0.3, -0.25) is 4.79 Å². The highest BCUT2D eigenvalue weighted by Gasteiger charge is 2.33. The number of nitrogens with one attached hydrogen (secondary N) is 1. The number of rotatable bonds is 6. The van der Waals surface area contributed by atoms with E-state index in [1.807, 2.05) is 6.92 Å². The Morgan fingerprint density at radius 1 is 1.22 bits per heavy atom. The average molecular weight is 254 g/mol. The number of amides is 1. The highest BCUT2D eigenvalue weighted by molar-refractivity contribution is 5.78. The zero-order valence-corrected chi connectivity index (χ0v) is 12.6. The molecule has 1 saturated heterocycles. The summed E-state index contributed by atoms with van der Waals surface area (Å²) in [5.74, 6) is 0.442. The second kappa shape index (κ2) is 7.13. The van der Waals surface area contributed by atoms with Crippen molar-refractivity contribution in [1.29, 1.82) is 0 Å². The fourth-order valence-corrected chi connectivity index (χ4v) is 2.92. The van der Waals surface area contributed by atoms with Crippen LogP contribution in [-0.2, 0) is 4.79 Å². The molecule has 1 rings (SSSR count). The van der Waals surface area contributed by atoms with Crippen molar-refractivity contribution in [1.82, 2.24) is 10.2 Å². The summed E-state index contributed by atoms with van der Waals surface area (Å²) in [6.45, 7) is 12.3. The number of likely N-dealkylation sites (tertiary alicyclic amines) is 1. The third-order valence-electron chi connectivity index (χ3n) is 4.76. The van der Waals surface area contributed by atoms with Gasteiger partial charge in [-0.05, 0) is 24.8 Å². The molecule has 0 bridgehead atoms. The topological polar surface area (TPSA) is 32.3 Å². The van der Waals surface area contributed by atoms with Crippen LogP contribution < -0.4 is 5.32 Å². The largest absolute Gasteiger partial charge is 0.342 e. The fourth-order valence-electron chi connectivity index (χ4n) is 2.92. The fraction of sp³-hybridized carbons (Fsp3) is 0.933. The number of carbonyl (C=O) groups is 1. The summed E-state index contributed by atoms with van der Waals surface area (Å²) in [5, 5.41) is 3.26. The van der Waals surface area contributed by atoms with Gasteiger partial charge in [0, 0.05) is 25.6 Å². The van der Waals surface area contributed by atoms with Gasteiger partial charge in [-0.2, -0.15) is 0 Å². The van der Waals surface area contributed by atoms with E-state index in [9.17, 15) is 4.79 Å². The van der Waals surface area contributed by atoms with Crippen molar-refractivity contribution >= 4 is 5.91 Å². The zero-order chi connectivity index (χ0) is 13.6. The number of hydrogen-bond acceptors (Lipinski definition) is 2. The summed E-state index contributed by atoms with van der Waals surface area (Å²) in [7, 11) is 0. The molecule has 106 valence electrons.